The van der Waals surface area contributed by atoms with Gasteiger partial charge in [0.2, 0.25) is 5.91 Å². The minimum atomic E-state index is -0.239. The molecule has 3 nitrogen and oxygen atoms in total. The predicted molar refractivity (Wildman–Crippen MR) is 132 cm³/mol. The number of amides is 1. The second-order valence-electron chi connectivity index (χ2n) is 7.75. The zero-order valence-corrected chi connectivity index (χ0v) is 18.3. The van der Waals surface area contributed by atoms with E-state index >= 15 is 0 Å². The Morgan fingerprint density at radius 3 is 1.48 bits per heavy atom. The van der Waals surface area contributed by atoms with Crippen LogP contribution in [0.2, 0.25) is 0 Å². The van der Waals surface area contributed by atoms with E-state index < -0.39 is 0 Å². The Morgan fingerprint density at radius 2 is 1.00 bits per heavy atom. The van der Waals surface area contributed by atoms with Crippen LogP contribution in [-0.4, -0.2) is 16.6 Å². The molecule has 0 aliphatic rings. The zero-order chi connectivity index (χ0) is 22.9. The summed E-state index contributed by atoms with van der Waals surface area (Å²) in [4.78, 5) is 27.8. The lowest BCUT2D eigenvalue weighted by Crippen LogP contribution is -2.28. The Labute approximate surface area is 194 Å². The number of hydrogen-bond donors (Lipinski definition) is 0. The molecule has 0 saturated carbocycles. The highest BCUT2D eigenvalue weighted by molar-refractivity contribution is 6.07. The molecule has 4 aromatic rings. The van der Waals surface area contributed by atoms with E-state index in [2.05, 4.69) is 0 Å². The fourth-order valence-corrected chi connectivity index (χ4v) is 3.66. The minimum absolute atomic E-state index is 0.187. The van der Waals surface area contributed by atoms with Crippen LogP contribution in [0.15, 0.2) is 128 Å². The predicted octanol–water partition coefficient (Wildman–Crippen LogP) is 6.38. The lowest BCUT2D eigenvalue weighted by Gasteiger charge is -2.21. The molecule has 0 unspecified atom stereocenters. The summed E-state index contributed by atoms with van der Waals surface area (Å²) >= 11 is 0. The number of nitrogens with zero attached hydrogens (tertiary/aromatic N) is 1. The number of ketones is 1. The van der Waals surface area contributed by atoms with Gasteiger partial charge < -0.3 is 4.90 Å². The average molecular weight is 432 g/mol. The highest BCUT2D eigenvalue weighted by atomic mass is 16.2. The number of rotatable bonds is 8. The molecule has 0 fully saturated rings. The largest absolute Gasteiger partial charge is 0.314 e. The highest BCUT2D eigenvalue weighted by Gasteiger charge is 2.19. The fraction of sp³-hybridized carbons (Fsp3) is 0.0667. The third-order valence-corrected chi connectivity index (χ3v) is 5.38. The van der Waals surface area contributed by atoms with Crippen LogP contribution in [0.5, 0.6) is 0 Å². The van der Waals surface area contributed by atoms with Crippen molar-refractivity contribution in [1.82, 2.24) is 4.90 Å². The van der Waals surface area contributed by atoms with E-state index in [1.165, 1.54) is 0 Å². The zero-order valence-electron chi connectivity index (χ0n) is 18.3. The molecule has 0 heterocycles. The number of benzene rings is 4. The lowest BCUT2D eigenvalue weighted by molar-refractivity contribution is -0.128. The average Bonchev–Trinajstić information content (AvgIpc) is 2.88. The van der Waals surface area contributed by atoms with Gasteiger partial charge in [-0.05, 0) is 16.7 Å². The second kappa shape index (κ2) is 10.9. The van der Waals surface area contributed by atoms with Gasteiger partial charge in [-0.1, -0.05) is 121 Å². The monoisotopic (exact) mass is 431 g/mol. The van der Waals surface area contributed by atoms with Crippen molar-refractivity contribution in [3.63, 3.8) is 0 Å². The number of hydrogen-bond acceptors (Lipinski definition) is 2. The molecule has 0 atom stereocenters. The van der Waals surface area contributed by atoms with Gasteiger partial charge in [0.1, 0.15) is 0 Å². The van der Waals surface area contributed by atoms with Crippen molar-refractivity contribution in [2.24, 2.45) is 0 Å². The third-order valence-electron chi connectivity index (χ3n) is 5.38. The van der Waals surface area contributed by atoms with Gasteiger partial charge in [-0.3, -0.25) is 9.59 Å². The van der Waals surface area contributed by atoms with Gasteiger partial charge in [-0.2, -0.15) is 0 Å². The second-order valence-corrected chi connectivity index (χ2v) is 7.75. The Hall–Kier alpha value is -4.24. The van der Waals surface area contributed by atoms with E-state index in [0.717, 1.165) is 22.3 Å². The van der Waals surface area contributed by atoms with Crippen LogP contribution in [0.25, 0.3) is 5.57 Å². The molecule has 4 rings (SSSR count). The van der Waals surface area contributed by atoms with Crippen molar-refractivity contribution >= 4 is 17.3 Å². The molecule has 33 heavy (non-hydrogen) atoms. The molecule has 1 amide bonds. The summed E-state index contributed by atoms with van der Waals surface area (Å²) in [5.41, 5.74) is 4.47. The smallest absolute Gasteiger partial charge is 0.234 e. The summed E-state index contributed by atoms with van der Waals surface area (Å²) in [7, 11) is 0. The molecule has 4 aromatic carbocycles. The molecule has 0 N–H and O–H groups in total. The summed E-state index contributed by atoms with van der Waals surface area (Å²) < 4.78 is 0. The molecule has 0 spiro atoms. The molecule has 0 aliphatic heterocycles. The molecule has 162 valence electrons. The fourth-order valence-electron chi connectivity index (χ4n) is 3.66. The van der Waals surface area contributed by atoms with Gasteiger partial charge in [-0.25, -0.2) is 0 Å². The minimum Gasteiger partial charge on any atom is -0.314 e. The van der Waals surface area contributed by atoms with E-state index in [1.807, 2.05) is 115 Å². The summed E-state index contributed by atoms with van der Waals surface area (Å²) in [6.45, 7) is 0.380. The first-order valence-corrected chi connectivity index (χ1v) is 10.9. The van der Waals surface area contributed by atoms with Crippen molar-refractivity contribution in [3.8, 4) is 0 Å². The molecule has 3 heteroatoms. The normalized spacial score (nSPS) is 10.3. The highest BCUT2D eigenvalue weighted by Crippen LogP contribution is 2.25. The van der Waals surface area contributed by atoms with Crippen LogP contribution in [0.3, 0.4) is 0 Å². The van der Waals surface area contributed by atoms with E-state index in [4.69, 9.17) is 0 Å². The number of Topliss-reactive ketones (excluding diaryl/α,β-unsaturated/α-hetero) is 1. The van der Waals surface area contributed by atoms with Gasteiger partial charge in [0.15, 0.2) is 5.78 Å². The van der Waals surface area contributed by atoms with Gasteiger partial charge in [0.25, 0.3) is 0 Å². The van der Waals surface area contributed by atoms with Crippen LogP contribution in [0, 0.1) is 0 Å². The van der Waals surface area contributed by atoms with E-state index in [0.29, 0.717) is 12.1 Å². The van der Waals surface area contributed by atoms with Crippen molar-refractivity contribution in [2.75, 3.05) is 0 Å². The first-order chi connectivity index (χ1) is 16.2. The maximum atomic E-state index is 13.4. The lowest BCUT2D eigenvalue weighted by atomic mass is 9.98. The van der Waals surface area contributed by atoms with Crippen LogP contribution in [0.1, 0.15) is 33.5 Å². The Balaban J connectivity index is 1.71. The summed E-state index contributed by atoms with van der Waals surface area (Å²) in [5, 5.41) is 0. The molecule has 0 radical (unpaired) electrons. The Morgan fingerprint density at radius 1 is 0.576 bits per heavy atom. The first kappa shape index (κ1) is 22.0. The molecular weight excluding hydrogens is 406 g/mol. The van der Waals surface area contributed by atoms with Crippen molar-refractivity contribution in [3.05, 3.63) is 150 Å². The number of carbonyl (C=O) groups is 2. The SMILES string of the molecule is O=C(CC(=O)N(C=C(c1ccccc1)c1ccccc1)Cc1ccccc1)c1ccccc1. The van der Waals surface area contributed by atoms with Crippen molar-refractivity contribution < 1.29 is 9.59 Å². The standard InChI is InChI=1S/C30H25NO2/c32-29(27-19-11-4-12-20-27)21-30(33)31(22-24-13-5-1-6-14-24)23-28(25-15-7-2-8-16-25)26-17-9-3-10-18-26/h1-20,23H,21-22H2. The van der Waals surface area contributed by atoms with Gasteiger partial charge in [0.05, 0.1) is 13.0 Å². The summed E-state index contributed by atoms with van der Waals surface area (Å²) in [5.74, 6) is -0.426. The van der Waals surface area contributed by atoms with Crippen LogP contribution in [0.4, 0.5) is 0 Å². The Bertz CT molecular complexity index is 1180. The van der Waals surface area contributed by atoms with Crippen LogP contribution in [-0.2, 0) is 11.3 Å². The quantitative estimate of drug-likeness (QED) is 0.240. The van der Waals surface area contributed by atoms with Crippen molar-refractivity contribution in [2.45, 2.75) is 13.0 Å². The molecule has 0 saturated heterocycles. The molecular formula is C30H25NO2. The van der Waals surface area contributed by atoms with Gasteiger partial charge in [0, 0.05) is 17.3 Å². The van der Waals surface area contributed by atoms with E-state index in [1.54, 1.807) is 17.0 Å². The molecule has 0 bridgehead atoms. The summed E-state index contributed by atoms with van der Waals surface area (Å²) in [6.07, 6.45) is 1.68. The van der Waals surface area contributed by atoms with Crippen LogP contribution >= 0.6 is 0 Å². The topological polar surface area (TPSA) is 37.4 Å². The number of carbonyl (C=O) groups excluding carboxylic acids is 2. The van der Waals surface area contributed by atoms with Crippen molar-refractivity contribution in [1.29, 1.82) is 0 Å². The maximum Gasteiger partial charge on any atom is 0.234 e. The van der Waals surface area contributed by atoms with Crippen LogP contribution < -0.4 is 0 Å². The molecule has 0 aliphatic carbocycles. The summed E-state index contributed by atoms with van der Waals surface area (Å²) in [6, 6.07) is 38.7. The maximum absolute atomic E-state index is 13.4. The Kier molecular flexibility index (Phi) is 7.24. The van der Waals surface area contributed by atoms with Gasteiger partial charge >= 0.3 is 0 Å². The van der Waals surface area contributed by atoms with E-state index in [9.17, 15) is 9.59 Å². The third kappa shape index (κ3) is 5.92. The first-order valence-electron chi connectivity index (χ1n) is 10.9. The van der Waals surface area contributed by atoms with E-state index in [-0.39, 0.29) is 18.1 Å². The molecule has 0 aromatic heterocycles. The van der Waals surface area contributed by atoms with Gasteiger partial charge in [-0.15, -0.1) is 0 Å².